The van der Waals surface area contributed by atoms with Crippen molar-refractivity contribution >= 4 is 28.8 Å². The molecule has 0 spiro atoms. The average Bonchev–Trinajstić information content (AvgIpc) is 3.13. The molecule has 0 aromatic carbocycles. The molecule has 9 heteroatoms. The fourth-order valence-electron chi connectivity index (χ4n) is 1.64. The highest BCUT2D eigenvalue weighted by Crippen LogP contribution is 2.26. The lowest BCUT2D eigenvalue weighted by atomic mass is 10.4. The molecule has 0 bridgehead atoms. The molecule has 8 nitrogen and oxygen atoms in total. The van der Waals surface area contributed by atoms with Crippen molar-refractivity contribution in [2.24, 2.45) is 5.84 Å². The van der Waals surface area contributed by atoms with E-state index in [1.165, 1.54) is 18.1 Å². The summed E-state index contributed by atoms with van der Waals surface area (Å²) >= 11 is 1.46. The highest BCUT2D eigenvalue weighted by Gasteiger charge is 2.11. The van der Waals surface area contributed by atoms with Crippen LogP contribution in [-0.2, 0) is 5.75 Å². The second-order valence-electron chi connectivity index (χ2n) is 3.81. The number of nitrogens with one attached hydrogen (secondary N) is 2. The van der Waals surface area contributed by atoms with Crippen LogP contribution in [-0.4, -0.2) is 25.8 Å². The van der Waals surface area contributed by atoms with Gasteiger partial charge in [0.15, 0.2) is 11.4 Å². The van der Waals surface area contributed by atoms with E-state index in [4.69, 9.17) is 10.3 Å². The molecule has 0 unspecified atom stereocenters. The number of aromatic amines is 1. The van der Waals surface area contributed by atoms with Gasteiger partial charge in [-0.1, -0.05) is 11.8 Å². The standard InChI is InChI=1S/C11H10N6O2S/c12-17-10(18)7-2-1-6(19-7)3-20-11-8-9(14-4-13-8)15-5-16-11/h1-2,4-5H,3,12H2,(H,17,18)(H,13,14,15,16). The van der Waals surface area contributed by atoms with Crippen LogP contribution < -0.4 is 11.3 Å². The molecule has 102 valence electrons. The number of carbonyl (C=O) groups is 1. The van der Waals surface area contributed by atoms with E-state index in [2.05, 4.69) is 19.9 Å². The van der Waals surface area contributed by atoms with Gasteiger partial charge in [-0.15, -0.1) is 0 Å². The molecule has 0 radical (unpaired) electrons. The zero-order valence-corrected chi connectivity index (χ0v) is 11.0. The molecule has 4 N–H and O–H groups in total. The molecular weight excluding hydrogens is 280 g/mol. The minimum absolute atomic E-state index is 0.178. The van der Waals surface area contributed by atoms with Gasteiger partial charge in [-0.2, -0.15) is 0 Å². The summed E-state index contributed by atoms with van der Waals surface area (Å²) in [6, 6.07) is 3.30. The first-order valence-corrected chi connectivity index (χ1v) is 6.63. The quantitative estimate of drug-likeness (QED) is 0.214. The number of thioether (sulfide) groups is 1. The van der Waals surface area contributed by atoms with E-state index in [0.29, 0.717) is 17.2 Å². The van der Waals surface area contributed by atoms with Gasteiger partial charge < -0.3 is 9.40 Å². The molecule has 0 saturated carbocycles. The number of fused-ring (bicyclic) bond motifs is 1. The molecule has 0 fully saturated rings. The Hall–Kier alpha value is -2.39. The number of H-pyrrole nitrogens is 1. The molecule has 1 amide bonds. The van der Waals surface area contributed by atoms with Crippen molar-refractivity contribution in [3.8, 4) is 0 Å². The first kappa shape index (κ1) is 12.6. The Kier molecular flexibility index (Phi) is 3.35. The topological polar surface area (TPSA) is 123 Å². The highest BCUT2D eigenvalue weighted by atomic mass is 32.2. The molecule has 0 atom stereocenters. The third-order valence-corrected chi connectivity index (χ3v) is 3.57. The van der Waals surface area contributed by atoms with Gasteiger partial charge in [0.25, 0.3) is 0 Å². The zero-order chi connectivity index (χ0) is 13.9. The number of carbonyl (C=O) groups excluding carboxylic acids is 1. The fraction of sp³-hybridized carbons (Fsp3) is 0.0909. The van der Waals surface area contributed by atoms with E-state index in [0.717, 1.165) is 10.5 Å². The average molecular weight is 290 g/mol. The van der Waals surface area contributed by atoms with Crippen LogP contribution in [0.25, 0.3) is 11.2 Å². The lowest BCUT2D eigenvalue weighted by molar-refractivity contribution is 0.0924. The zero-order valence-electron chi connectivity index (χ0n) is 10.2. The van der Waals surface area contributed by atoms with E-state index in [9.17, 15) is 4.79 Å². The molecule has 3 rings (SSSR count). The number of amides is 1. The lowest BCUT2D eigenvalue weighted by Crippen LogP contribution is -2.29. The summed E-state index contributed by atoms with van der Waals surface area (Å²) in [4.78, 5) is 26.6. The first-order valence-electron chi connectivity index (χ1n) is 5.64. The van der Waals surface area contributed by atoms with Gasteiger partial charge >= 0.3 is 5.91 Å². The number of nitrogen functional groups attached to an aromatic ring is 1. The monoisotopic (exact) mass is 290 g/mol. The van der Waals surface area contributed by atoms with Crippen LogP contribution in [0, 0.1) is 0 Å². The van der Waals surface area contributed by atoms with Crippen LogP contribution in [0.5, 0.6) is 0 Å². The maximum atomic E-state index is 11.3. The van der Waals surface area contributed by atoms with Crippen molar-refractivity contribution in [1.29, 1.82) is 0 Å². The van der Waals surface area contributed by atoms with Gasteiger partial charge in [-0.25, -0.2) is 20.8 Å². The van der Waals surface area contributed by atoms with Gasteiger partial charge in [0.05, 0.1) is 12.1 Å². The molecule has 20 heavy (non-hydrogen) atoms. The minimum Gasteiger partial charge on any atom is -0.455 e. The van der Waals surface area contributed by atoms with Crippen LogP contribution >= 0.6 is 11.8 Å². The van der Waals surface area contributed by atoms with Crippen molar-refractivity contribution in [2.75, 3.05) is 0 Å². The Morgan fingerprint density at radius 1 is 1.40 bits per heavy atom. The number of nitrogens with zero attached hydrogens (tertiary/aromatic N) is 3. The SMILES string of the molecule is NNC(=O)c1ccc(CSc2ncnc3nc[nH]c23)o1. The summed E-state index contributed by atoms with van der Waals surface area (Å²) in [6.45, 7) is 0. The predicted molar refractivity (Wildman–Crippen MR) is 71.6 cm³/mol. The van der Waals surface area contributed by atoms with E-state index in [1.807, 2.05) is 5.43 Å². The first-order chi connectivity index (χ1) is 9.78. The fourth-order valence-corrected chi connectivity index (χ4v) is 2.49. The molecule has 0 saturated heterocycles. The number of hydrogen-bond acceptors (Lipinski definition) is 7. The van der Waals surface area contributed by atoms with Crippen LogP contribution in [0.15, 0.2) is 34.2 Å². The Morgan fingerprint density at radius 3 is 3.15 bits per heavy atom. The van der Waals surface area contributed by atoms with Crippen LogP contribution in [0.3, 0.4) is 0 Å². The predicted octanol–water partition coefficient (Wildman–Crippen LogP) is 0.842. The number of furan rings is 1. The molecule has 3 heterocycles. The lowest BCUT2D eigenvalue weighted by Gasteiger charge is -1.99. The van der Waals surface area contributed by atoms with Crippen molar-refractivity contribution in [1.82, 2.24) is 25.4 Å². The normalized spacial score (nSPS) is 10.8. The minimum atomic E-state index is -0.459. The van der Waals surface area contributed by atoms with Gasteiger partial charge in [-0.05, 0) is 12.1 Å². The number of hydrogen-bond donors (Lipinski definition) is 3. The third-order valence-electron chi connectivity index (χ3n) is 2.56. The van der Waals surface area contributed by atoms with Crippen LogP contribution in [0.2, 0.25) is 0 Å². The van der Waals surface area contributed by atoms with E-state index in [1.54, 1.807) is 18.5 Å². The van der Waals surface area contributed by atoms with Crippen molar-refractivity contribution < 1.29 is 9.21 Å². The number of rotatable bonds is 4. The molecule has 0 aliphatic carbocycles. The highest BCUT2D eigenvalue weighted by molar-refractivity contribution is 7.98. The summed E-state index contributed by atoms with van der Waals surface area (Å²) in [6.07, 6.45) is 3.03. The molecule has 3 aromatic rings. The number of nitrogens with two attached hydrogens (primary N) is 1. The van der Waals surface area contributed by atoms with Gasteiger partial charge in [-0.3, -0.25) is 10.2 Å². The Morgan fingerprint density at radius 2 is 2.30 bits per heavy atom. The summed E-state index contributed by atoms with van der Waals surface area (Å²) in [7, 11) is 0. The number of imidazole rings is 1. The molecule has 3 aromatic heterocycles. The van der Waals surface area contributed by atoms with Crippen LogP contribution in [0.1, 0.15) is 16.3 Å². The van der Waals surface area contributed by atoms with Gasteiger partial charge in [0.1, 0.15) is 22.6 Å². The molecule has 0 aliphatic heterocycles. The summed E-state index contributed by atoms with van der Waals surface area (Å²) in [5, 5.41) is 0.772. The van der Waals surface area contributed by atoms with Crippen molar-refractivity contribution in [3.63, 3.8) is 0 Å². The van der Waals surface area contributed by atoms with Crippen LogP contribution in [0.4, 0.5) is 0 Å². The Balaban J connectivity index is 1.75. The van der Waals surface area contributed by atoms with E-state index >= 15 is 0 Å². The summed E-state index contributed by atoms with van der Waals surface area (Å²) in [5.41, 5.74) is 3.41. The summed E-state index contributed by atoms with van der Waals surface area (Å²) < 4.78 is 5.37. The Labute approximate surface area is 117 Å². The maximum Gasteiger partial charge on any atom is 0.300 e. The largest absolute Gasteiger partial charge is 0.455 e. The number of hydrazine groups is 1. The second kappa shape index (κ2) is 5.31. The smallest absolute Gasteiger partial charge is 0.300 e. The van der Waals surface area contributed by atoms with Gasteiger partial charge in [0.2, 0.25) is 0 Å². The summed E-state index contributed by atoms with van der Waals surface area (Å²) in [5.74, 6) is 5.94. The third kappa shape index (κ3) is 2.36. The Bertz CT molecular complexity index is 752. The van der Waals surface area contributed by atoms with E-state index < -0.39 is 5.91 Å². The second-order valence-corrected chi connectivity index (χ2v) is 4.77. The number of aromatic nitrogens is 4. The van der Waals surface area contributed by atoms with E-state index in [-0.39, 0.29) is 5.76 Å². The molecular formula is C11H10N6O2S. The van der Waals surface area contributed by atoms with Crippen molar-refractivity contribution in [3.05, 3.63) is 36.3 Å². The van der Waals surface area contributed by atoms with Crippen molar-refractivity contribution in [2.45, 2.75) is 10.8 Å². The molecule has 0 aliphatic rings. The maximum absolute atomic E-state index is 11.3. The van der Waals surface area contributed by atoms with Gasteiger partial charge in [0, 0.05) is 0 Å².